The topological polar surface area (TPSA) is 69.2 Å². The highest BCUT2D eigenvalue weighted by atomic mass is 16.5. The Bertz CT molecular complexity index is 977. The summed E-state index contributed by atoms with van der Waals surface area (Å²) in [6.07, 6.45) is 2.24. The zero-order valence-corrected chi connectivity index (χ0v) is 17.4. The summed E-state index contributed by atoms with van der Waals surface area (Å²) in [5.41, 5.74) is 3.33. The quantitative estimate of drug-likeness (QED) is 0.722. The number of hydrogen-bond donors (Lipinski definition) is 1. The minimum absolute atomic E-state index is 0.225. The number of carbonyl (C=O) groups excluding carboxylic acids is 1. The molecular formula is C23H26N2O4. The van der Waals surface area contributed by atoms with E-state index < -0.39 is 0 Å². The van der Waals surface area contributed by atoms with Gasteiger partial charge in [0.05, 0.1) is 21.3 Å². The van der Waals surface area contributed by atoms with Crippen molar-refractivity contribution in [3.05, 3.63) is 58.8 Å². The van der Waals surface area contributed by atoms with Gasteiger partial charge in [0.1, 0.15) is 17.3 Å². The Labute approximate surface area is 171 Å². The van der Waals surface area contributed by atoms with Crippen molar-refractivity contribution in [2.24, 2.45) is 4.99 Å². The lowest BCUT2D eigenvalue weighted by atomic mass is 10.00. The highest BCUT2D eigenvalue weighted by molar-refractivity contribution is 6.14. The van der Waals surface area contributed by atoms with Gasteiger partial charge in [-0.05, 0) is 47.4 Å². The molecule has 6 heteroatoms. The number of aliphatic imine (C=N–C) groups is 1. The van der Waals surface area contributed by atoms with E-state index in [0.717, 1.165) is 11.1 Å². The van der Waals surface area contributed by atoms with Crippen molar-refractivity contribution in [3.8, 4) is 17.2 Å². The number of carbonyl (C=O) groups is 1. The molecule has 1 heterocycles. The first-order chi connectivity index (χ1) is 13.9. The molecule has 0 aliphatic carbocycles. The Hall–Kier alpha value is -3.28. The summed E-state index contributed by atoms with van der Waals surface area (Å²) in [5.74, 6) is 2.75. The summed E-state index contributed by atoms with van der Waals surface area (Å²) >= 11 is 0. The van der Waals surface area contributed by atoms with Crippen LogP contribution in [0.1, 0.15) is 36.5 Å². The van der Waals surface area contributed by atoms with Crippen molar-refractivity contribution in [2.45, 2.75) is 26.2 Å². The lowest BCUT2D eigenvalue weighted by Gasteiger charge is -2.10. The number of amides is 1. The van der Waals surface area contributed by atoms with Crippen LogP contribution in [0.5, 0.6) is 17.2 Å². The van der Waals surface area contributed by atoms with E-state index in [1.807, 2.05) is 36.4 Å². The van der Waals surface area contributed by atoms with Crippen molar-refractivity contribution in [3.63, 3.8) is 0 Å². The van der Waals surface area contributed by atoms with Crippen molar-refractivity contribution in [2.75, 3.05) is 21.3 Å². The molecule has 29 heavy (non-hydrogen) atoms. The fourth-order valence-corrected chi connectivity index (χ4v) is 3.16. The fraction of sp³-hybridized carbons (Fsp3) is 0.304. The lowest BCUT2D eigenvalue weighted by Crippen LogP contribution is -2.25. The van der Waals surface area contributed by atoms with E-state index in [9.17, 15) is 4.79 Å². The number of ether oxygens (including phenoxy) is 3. The molecule has 0 atom stereocenters. The Balaban J connectivity index is 1.88. The van der Waals surface area contributed by atoms with E-state index >= 15 is 0 Å². The van der Waals surface area contributed by atoms with E-state index in [-0.39, 0.29) is 5.91 Å². The van der Waals surface area contributed by atoms with Gasteiger partial charge in [-0.15, -0.1) is 0 Å². The third kappa shape index (κ3) is 4.59. The maximum atomic E-state index is 12.4. The molecule has 0 unspecified atom stereocenters. The predicted octanol–water partition coefficient (Wildman–Crippen LogP) is 3.95. The second-order valence-electron chi connectivity index (χ2n) is 7.06. The number of nitrogens with one attached hydrogen (secondary N) is 1. The molecule has 0 saturated heterocycles. The SMILES string of the molecule is COc1ccc(C(C)C)cc1/C=C1\N=C(Cc2ccc(OC)c(OC)c2)NC1=O. The molecule has 6 nitrogen and oxygen atoms in total. The summed E-state index contributed by atoms with van der Waals surface area (Å²) in [6.45, 7) is 4.25. The van der Waals surface area contributed by atoms with E-state index in [2.05, 4.69) is 24.2 Å². The van der Waals surface area contributed by atoms with Gasteiger partial charge >= 0.3 is 0 Å². The molecule has 1 N–H and O–H groups in total. The maximum Gasteiger partial charge on any atom is 0.275 e. The third-order valence-corrected chi connectivity index (χ3v) is 4.78. The van der Waals surface area contributed by atoms with Crippen LogP contribution < -0.4 is 19.5 Å². The van der Waals surface area contributed by atoms with Crippen molar-refractivity contribution in [1.29, 1.82) is 0 Å². The van der Waals surface area contributed by atoms with Crippen LogP contribution in [0.3, 0.4) is 0 Å². The monoisotopic (exact) mass is 394 g/mol. The Morgan fingerprint density at radius 2 is 1.66 bits per heavy atom. The van der Waals surface area contributed by atoms with Crippen LogP contribution in [0, 0.1) is 0 Å². The van der Waals surface area contributed by atoms with Gasteiger partial charge in [0.25, 0.3) is 5.91 Å². The molecule has 0 radical (unpaired) electrons. The smallest absolute Gasteiger partial charge is 0.275 e. The molecular weight excluding hydrogens is 368 g/mol. The molecule has 2 aromatic carbocycles. The average molecular weight is 394 g/mol. The molecule has 0 spiro atoms. The van der Waals surface area contributed by atoms with Gasteiger partial charge in [-0.2, -0.15) is 0 Å². The number of rotatable bonds is 7. The second kappa shape index (κ2) is 8.82. The molecule has 1 aliphatic rings. The number of methoxy groups -OCH3 is 3. The Kier molecular flexibility index (Phi) is 6.22. The zero-order valence-electron chi connectivity index (χ0n) is 17.4. The molecule has 0 saturated carbocycles. The molecule has 0 fully saturated rings. The predicted molar refractivity (Wildman–Crippen MR) is 114 cm³/mol. The molecule has 0 aromatic heterocycles. The van der Waals surface area contributed by atoms with E-state index in [1.54, 1.807) is 27.4 Å². The van der Waals surface area contributed by atoms with E-state index in [1.165, 1.54) is 5.56 Å². The van der Waals surface area contributed by atoms with Gasteiger partial charge < -0.3 is 19.5 Å². The van der Waals surface area contributed by atoms with Crippen LogP contribution in [0.2, 0.25) is 0 Å². The number of nitrogens with zero attached hydrogens (tertiary/aromatic N) is 1. The third-order valence-electron chi connectivity index (χ3n) is 4.78. The fourth-order valence-electron chi connectivity index (χ4n) is 3.16. The Morgan fingerprint density at radius 3 is 2.31 bits per heavy atom. The lowest BCUT2D eigenvalue weighted by molar-refractivity contribution is -0.115. The standard InChI is InChI=1S/C23H26N2O4/c1-14(2)16-7-9-19(27-3)17(12-16)13-18-23(26)25-22(24-18)11-15-6-8-20(28-4)21(10-15)29-5/h6-10,12-14H,11H2,1-5H3,(H,24,25,26)/b18-13-. The van der Waals surface area contributed by atoms with Crippen LogP contribution in [0.4, 0.5) is 0 Å². The van der Waals surface area contributed by atoms with Crippen molar-refractivity contribution < 1.29 is 19.0 Å². The minimum atomic E-state index is -0.225. The second-order valence-corrected chi connectivity index (χ2v) is 7.06. The summed E-state index contributed by atoms with van der Waals surface area (Å²) < 4.78 is 16.0. The van der Waals surface area contributed by atoms with Crippen molar-refractivity contribution in [1.82, 2.24) is 5.32 Å². The van der Waals surface area contributed by atoms with Gasteiger partial charge in [0, 0.05) is 12.0 Å². The van der Waals surface area contributed by atoms with Crippen LogP contribution in [-0.2, 0) is 11.2 Å². The van der Waals surface area contributed by atoms with Gasteiger partial charge in [0.15, 0.2) is 11.5 Å². The van der Waals surface area contributed by atoms with Gasteiger partial charge in [-0.3, -0.25) is 4.79 Å². The molecule has 3 rings (SSSR count). The first kappa shape index (κ1) is 20.5. The normalized spacial score (nSPS) is 14.8. The number of benzene rings is 2. The van der Waals surface area contributed by atoms with E-state index in [4.69, 9.17) is 14.2 Å². The number of amidine groups is 1. The summed E-state index contributed by atoms with van der Waals surface area (Å²) in [7, 11) is 4.81. The zero-order chi connectivity index (χ0) is 21.0. The van der Waals surface area contributed by atoms with Gasteiger partial charge in [-0.1, -0.05) is 26.0 Å². The minimum Gasteiger partial charge on any atom is -0.496 e. The van der Waals surface area contributed by atoms with Crippen molar-refractivity contribution >= 4 is 17.8 Å². The first-order valence-corrected chi connectivity index (χ1v) is 9.44. The molecule has 0 bridgehead atoms. The van der Waals surface area contributed by atoms with Crippen LogP contribution >= 0.6 is 0 Å². The highest BCUT2D eigenvalue weighted by Gasteiger charge is 2.21. The average Bonchev–Trinajstić information content (AvgIpc) is 3.06. The molecule has 1 amide bonds. The van der Waals surface area contributed by atoms with Crippen LogP contribution in [-0.4, -0.2) is 33.1 Å². The van der Waals surface area contributed by atoms with Gasteiger partial charge in [-0.25, -0.2) is 4.99 Å². The molecule has 2 aromatic rings. The molecule has 152 valence electrons. The summed E-state index contributed by atoms with van der Waals surface area (Å²) in [6, 6.07) is 11.6. The largest absolute Gasteiger partial charge is 0.496 e. The first-order valence-electron chi connectivity index (χ1n) is 9.44. The summed E-state index contributed by atoms with van der Waals surface area (Å²) in [5, 5.41) is 2.84. The van der Waals surface area contributed by atoms with Gasteiger partial charge in [0.2, 0.25) is 0 Å². The van der Waals surface area contributed by atoms with E-state index in [0.29, 0.717) is 41.1 Å². The van der Waals surface area contributed by atoms with Crippen LogP contribution in [0.25, 0.3) is 6.08 Å². The summed E-state index contributed by atoms with van der Waals surface area (Å²) in [4.78, 5) is 16.9. The Morgan fingerprint density at radius 1 is 0.966 bits per heavy atom. The number of hydrogen-bond acceptors (Lipinski definition) is 5. The maximum absolute atomic E-state index is 12.4. The molecule has 1 aliphatic heterocycles. The highest BCUT2D eigenvalue weighted by Crippen LogP contribution is 2.29. The van der Waals surface area contributed by atoms with Crippen LogP contribution in [0.15, 0.2) is 47.1 Å².